The van der Waals surface area contributed by atoms with Crippen LogP contribution in [-0.2, 0) is 14.4 Å². The number of anilines is 1. The number of likely N-dealkylation sites (tertiary alicyclic amines) is 1. The zero-order valence-electron chi connectivity index (χ0n) is 21.7. The van der Waals surface area contributed by atoms with Crippen molar-refractivity contribution in [3.8, 4) is 11.5 Å². The lowest BCUT2D eigenvalue weighted by atomic mass is 9.95. The van der Waals surface area contributed by atoms with E-state index in [1.807, 2.05) is 25.8 Å². The summed E-state index contributed by atoms with van der Waals surface area (Å²) < 4.78 is 10.8. The van der Waals surface area contributed by atoms with Gasteiger partial charge in [-0.25, -0.2) is 0 Å². The number of aliphatic hydroxyl groups excluding tert-OH is 1. The highest BCUT2D eigenvalue weighted by molar-refractivity contribution is 6.46. The van der Waals surface area contributed by atoms with Gasteiger partial charge in [0.05, 0.1) is 23.8 Å². The smallest absolute Gasteiger partial charge is 0.308 e. The molecule has 1 amide bonds. The Labute approximate surface area is 216 Å². The van der Waals surface area contributed by atoms with Crippen LogP contribution in [0.2, 0.25) is 0 Å². The van der Waals surface area contributed by atoms with Gasteiger partial charge in [-0.2, -0.15) is 0 Å². The van der Waals surface area contributed by atoms with Crippen molar-refractivity contribution >= 4 is 29.1 Å². The van der Waals surface area contributed by atoms with Crippen LogP contribution in [0.15, 0.2) is 48.0 Å². The first-order chi connectivity index (χ1) is 17.7. The molecule has 0 aromatic heterocycles. The Bertz CT molecular complexity index is 1220. The minimum Gasteiger partial charge on any atom is -0.507 e. The lowest BCUT2D eigenvalue weighted by molar-refractivity contribution is -0.140. The molecule has 2 aromatic rings. The minimum absolute atomic E-state index is 0.0316. The summed E-state index contributed by atoms with van der Waals surface area (Å²) >= 11 is 0. The molecule has 1 fully saturated rings. The SMILES string of the molecule is CCN(CC)CCN1C(=O)C(=O)/C(=C(\O)c2ccc3c(c2)N(C)CCO3)C1c1ccc(OC(C)=O)cc1. The fourth-order valence-corrected chi connectivity index (χ4v) is 4.78. The second-order valence-electron chi connectivity index (χ2n) is 9.13. The first kappa shape index (κ1) is 26.2. The molecule has 9 nitrogen and oxygen atoms in total. The molecule has 0 spiro atoms. The normalized spacial score (nSPS) is 18.7. The lowest BCUT2D eigenvalue weighted by Crippen LogP contribution is -2.38. The zero-order valence-corrected chi connectivity index (χ0v) is 21.7. The van der Waals surface area contributed by atoms with Gasteiger partial charge in [0.2, 0.25) is 0 Å². The van der Waals surface area contributed by atoms with E-state index in [1.54, 1.807) is 42.5 Å². The lowest BCUT2D eigenvalue weighted by Gasteiger charge is -2.29. The standard InChI is InChI=1S/C28H33N3O6/c1-5-30(6-2)13-14-31-25(19-7-10-21(11-8-19)37-18(3)32)24(27(34)28(31)35)26(33)20-9-12-23-22(17-20)29(4)15-16-36-23/h7-12,17,25,33H,5-6,13-16H2,1-4H3/b26-24-. The number of fused-ring (bicyclic) bond motifs is 1. The van der Waals surface area contributed by atoms with E-state index in [0.717, 1.165) is 18.8 Å². The average Bonchev–Trinajstić information content (AvgIpc) is 3.14. The molecule has 0 saturated carbocycles. The number of likely N-dealkylation sites (N-methyl/N-ethyl adjacent to an activating group) is 2. The molecule has 1 atom stereocenters. The van der Waals surface area contributed by atoms with Crippen molar-refractivity contribution in [1.82, 2.24) is 9.80 Å². The van der Waals surface area contributed by atoms with E-state index in [1.165, 1.54) is 11.8 Å². The molecule has 0 radical (unpaired) electrons. The number of carbonyl (C=O) groups excluding carboxylic acids is 3. The van der Waals surface area contributed by atoms with Gasteiger partial charge in [-0.3, -0.25) is 14.4 Å². The zero-order chi connectivity index (χ0) is 26.7. The third kappa shape index (κ3) is 5.32. The molecule has 0 aliphatic carbocycles. The van der Waals surface area contributed by atoms with Crippen molar-refractivity contribution in [2.75, 3.05) is 51.3 Å². The van der Waals surface area contributed by atoms with Crippen molar-refractivity contribution in [2.24, 2.45) is 0 Å². The van der Waals surface area contributed by atoms with E-state index in [0.29, 0.717) is 48.9 Å². The molecule has 2 heterocycles. The number of Topliss-reactive ketones (excluding diaryl/α,β-unsaturated/α-hetero) is 1. The average molecular weight is 508 g/mol. The number of benzene rings is 2. The van der Waals surface area contributed by atoms with Crippen molar-refractivity contribution in [3.05, 3.63) is 59.2 Å². The topological polar surface area (TPSA) is 99.6 Å². The molecular formula is C28H33N3O6. The van der Waals surface area contributed by atoms with Gasteiger partial charge in [-0.05, 0) is 49.0 Å². The molecule has 2 aliphatic rings. The second-order valence-corrected chi connectivity index (χ2v) is 9.13. The summed E-state index contributed by atoms with van der Waals surface area (Å²) in [4.78, 5) is 43.6. The Morgan fingerprint density at radius 2 is 1.84 bits per heavy atom. The number of amides is 1. The quantitative estimate of drug-likeness (QED) is 0.191. The summed E-state index contributed by atoms with van der Waals surface area (Å²) in [6.07, 6.45) is 0. The van der Waals surface area contributed by atoms with Gasteiger partial charge in [0, 0.05) is 32.6 Å². The Hall–Kier alpha value is -3.85. The van der Waals surface area contributed by atoms with Gasteiger partial charge in [-0.15, -0.1) is 0 Å². The highest BCUT2D eigenvalue weighted by Crippen LogP contribution is 2.41. The number of esters is 1. The van der Waals surface area contributed by atoms with Crippen molar-refractivity contribution in [3.63, 3.8) is 0 Å². The van der Waals surface area contributed by atoms with Crippen LogP contribution in [0.5, 0.6) is 11.5 Å². The first-order valence-corrected chi connectivity index (χ1v) is 12.5. The van der Waals surface area contributed by atoms with Crippen LogP contribution in [0.25, 0.3) is 5.76 Å². The van der Waals surface area contributed by atoms with E-state index in [-0.39, 0.29) is 11.3 Å². The Morgan fingerprint density at radius 1 is 1.14 bits per heavy atom. The van der Waals surface area contributed by atoms with Crippen molar-refractivity contribution in [2.45, 2.75) is 26.8 Å². The maximum atomic E-state index is 13.3. The van der Waals surface area contributed by atoms with Crippen LogP contribution in [0, 0.1) is 0 Å². The number of ether oxygens (including phenoxy) is 2. The summed E-state index contributed by atoms with van der Waals surface area (Å²) in [6.45, 7) is 9.19. The number of hydrogen-bond acceptors (Lipinski definition) is 8. The van der Waals surface area contributed by atoms with Gasteiger partial charge in [0.15, 0.2) is 0 Å². The fraction of sp³-hybridized carbons (Fsp3) is 0.393. The maximum absolute atomic E-state index is 13.3. The molecule has 0 bridgehead atoms. The van der Waals surface area contributed by atoms with Crippen LogP contribution >= 0.6 is 0 Å². The molecule has 2 aromatic carbocycles. The third-order valence-electron chi connectivity index (χ3n) is 6.88. The van der Waals surface area contributed by atoms with Crippen molar-refractivity contribution in [1.29, 1.82) is 0 Å². The molecule has 4 rings (SSSR count). The Kier molecular flexibility index (Phi) is 7.83. The predicted molar refractivity (Wildman–Crippen MR) is 140 cm³/mol. The predicted octanol–water partition coefficient (Wildman–Crippen LogP) is 3.20. The molecule has 1 unspecified atom stereocenters. The molecule has 1 saturated heterocycles. The highest BCUT2D eigenvalue weighted by atomic mass is 16.5. The van der Waals surface area contributed by atoms with Crippen LogP contribution in [-0.4, -0.2) is 78.9 Å². The highest BCUT2D eigenvalue weighted by Gasteiger charge is 2.46. The summed E-state index contributed by atoms with van der Waals surface area (Å²) in [6, 6.07) is 11.1. The molecule has 9 heteroatoms. The molecule has 1 N–H and O–H groups in total. The number of ketones is 1. The maximum Gasteiger partial charge on any atom is 0.308 e. The van der Waals surface area contributed by atoms with Crippen LogP contribution < -0.4 is 14.4 Å². The van der Waals surface area contributed by atoms with E-state index in [2.05, 4.69) is 4.90 Å². The van der Waals surface area contributed by atoms with Gasteiger partial charge in [0.25, 0.3) is 11.7 Å². The van der Waals surface area contributed by atoms with Crippen molar-refractivity contribution < 1.29 is 29.0 Å². The molecule has 2 aliphatic heterocycles. The van der Waals surface area contributed by atoms with E-state index in [4.69, 9.17) is 9.47 Å². The van der Waals surface area contributed by atoms with Gasteiger partial charge in [0.1, 0.15) is 23.9 Å². The summed E-state index contributed by atoms with van der Waals surface area (Å²) in [7, 11) is 1.93. The third-order valence-corrected chi connectivity index (χ3v) is 6.88. The largest absolute Gasteiger partial charge is 0.507 e. The number of rotatable bonds is 8. The molecule has 37 heavy (non-hydrogen) atoms. The van der Waals surface area contributed by atoms with E-state index < -0.39 is 23.7 Å². The Morgan fingerprint density at radius 3 is 2.49 bits per heavy atom. The fourth-order valence-electron chi connectivity index (χ4n) is 4.78. The monoisotopic (exact) mass is 507 g/mol. The number of aliphatic hydroxyl groups is 1. The summed E-state index contributed by atoms with van der Waals surface area (Å²) in [5.41, 5.74) is 1.89. The van der Waals surface area contributed by atoms with E-state index in [9.17, 15) is 19.5 Å². The van der Waals surface area contributed by atoms with Crippen LogP contribution in [0.4, 0.5) is 5.69 Å². The van der Waals surface area contributed by atoms with E-state index >= 15 is 0 Å². The van der Waals surface area contributed by atoms with Gasteiger partial charge in [-0.1, -0.05) is 26.0 Å². The Balaban J connectivity index is 1.78. The van der Waals surface area contributed by atoms with Crippen LogP contribution in [0.3, 0.4) is 0 Å². The van der Waals surface area contributed by atoms with Gasteiger partial charge >= 0.3 is 5.97 Å². The molecule has 196 valence electrons. The number of hydrogen-bond donors (Lipinski definition) is 1. The molecular weight excluding hydrogens is 474 g/mol. The summed E-state index contributed by atoms with van der Waals surface area (Å²) in [5, 5.41) is 11.4. The second kappa shape index (κ2) is 11.0. The minimum atomic E-state index is -0.785. The number of nitrogens with zero attached hydrogens (tertiary/aromatic N) is 3. The summed E-state index contributed by atoms with van der Waals surface area (Å²) in [5.74, 6) is -1.01. The van der Waals surface area contributed by atoms with Gasteiger partial charge < -0.3 is 29.3 Å². The first-order valence-electron chi connectivity index (χ1n) is 12.5. The number of carbonyl (C=O) groups is 3. The van der Waals surface area contributed by atoms with Crippen LogP contribution in [0.1, 0.15) is 37.9 Å².